The van der Waals surface area contributed by atoms with Crippen LogP contribution in [-0.2, 0) is 10.0 Å². The molecular formula is C11H19N3O2S. The van der Waals surface area contributed by atoms with Crippen molar-refractivity contribution in [1.82, 2.24) is 0 Å². The number of rotatable bonds is 3. The number of hydrogen-bond acceptors (Lipinski definition) is 4. The van der Waals surface area contributed by atoms with E-state index in [1.54, 1.807) is 6.07 Å². The number of anilines is 2. The molecule has 6 heteroatoms. The van der Waals surface area contributed by atoms with Crippen LogP contribution in [0.2, 0.25) is 0 Å². The van der Waals surface area contributed by atoms with Gasteiger partial charge >= 0.3 is 0 Å². The quantitative estimate of drug-likeness (QED) is 0.712. The number of benzene rings is 1. The summed E-state index contributed by atoms with van der Waals surface area (Å²) in [5.41, 5.74) is 6.97. The zero-order chi connectivity index (χ0) is 13.3. The molecule has 0 aliphatic heterocycles. The predicted molar refractivity (Wildman–Crippen MR) is 70.2 cm³/mol. The van der Waals surface area contributed by atoms with Crippen molar-refractivity contribution < 1.29 is 8.42 Å². The molecule has 5 nitrogen and oxygen atoms in total. The monoisotopic (exact) mass is 257 g/mol. The van der Waals surface area contributed by atoms with Gasteiger partial charge in [-0.1, -0.05) is 20.8 Å². The minimum Gasteiger partial charge on any atom is -0.397 e. The number of primary sulfonamides is 1. The van der Waals surface area contributed by atoms with Crippen LogP contribution in [0.25, 0.3) is 0 Å². The molecule has 1 aromatic carbocycles. The van der Waals surface area contributed by atoms with Crippen molar-refractivity contribution in [3.8, 4) is 0 Å². The molecule has 0 aliphatic rings. The lowest BCUT2D eigenvalue weighted by Gasteiger charge is -2.20. The van der Waals surface area contributed by atoms with Crippen molar-refractivity contribution >= 4 is 21.4 Å². The number of nitrogens with one attached hydrogen (secondary N) is 1. The fourth-order valence-electron chi connectivity index (χ4n) is 1.24. The highest BCUT2D eigenvalue weighted by atomic mass is 32.2. The molecule has 0 aromatic heterocycles. The van der Waals surface area contributed by atoms with E-state index in [2.05, 4.69) is 26.1 Å². The molecule has 0 amide bonds. The first kappa shape index (κ1) is 13.8. The second kappa shape index (κ2) is 4.54. The van der Waals surface area contributed by atoms with E-state index >= 15 is 0 Å². The second-order valence-electron chi connectivity index (χ2n) is 5.21. The Bertz CT molecular complexity index is 504. The molecule has 0 aliphatic carbocycles. The van der Waals surface area contributed by atoms with Crippen LogP contribution in [0.4, 0.5) is 11.4 Å². The third-order valence-electron chi connectivity index (χ3n) is 2.16. The van der Waals surface area contributed by atoms with E-state index < -0.39 is 10.0 Å². The maximum atomic E-state index is 11.1. The normalized spacial score (nSPS) is 12.5. The zero-order valence-corrected chi connectivity index (χ0v) is 11.1. The van der Waals surface area contributed by atoms with E-state index in [0.717, 1.165) is 6.54 Å². The third kappa shape index (κ3) is 4.24. The number of nitrogen functional groups attached to an aromatic ring is 1. The summed E-state index contributed by atoms with van der Waals surface area (Å²) in [6.45, 7) is 7.02. The average molecular weight is 257 g/mol. The van der Waals surface area contributed by atoms with Crippen LogP contribution >= 0.6 is 0 Å². The van der Waals surface area contributed by atoms with E-state index in [1.807, 2.05) is 0 Å². The SMILES string of the molecule is CC(C)(C)CNc1ccc(S(N)(=O)=O)cc1N. The summed E-state index contributed by atoms with van der Waals surface area (Å²) in [6.07, 6.45) is 0. The van der Waals surface area contributed by atoms with Crippen molar-refractivity contribution in [2.45, 2.75) is 25.7 Å². The Morgan fingerprint density at radius 2 is 1.88 bits per heavy atom. The number of nitrogens with two attached hydrogens (primary N) is 2. The van der Waals surface area contributed by atoms with E-state index in [9.17, 15) is 8.42 Å². The maximum absolute atomic E-state index is 11.1. The highest BCUT2D eigenvalue weighted by Gasteiger charge is 2.12. The fraction of sp³-hybridized carbons (Fsp3) is 0.455. The van der Waals surface area contributed by atoms with Crippen LogP contribution in [0.5, 0.6) is 0 Å². The van der Waals surface area contributed by atoms with Crippen molar-refractivity contribution in [3.05, 3.63) is 18.2 Å². The van der Waals surface area contributed by atoms with Gasteiger partial charge in [0.1, 0.15) is 0 Å². The Labute approximate surface area is 102 Å². The lowest BCUT2D eigenvalue weighted by molar-refractivity contribution is 0.443. The van der Waals surface area contributed by atoms with Crippen molar-refractivity contribution in [1.29, 1.82) is 0 Å². The summed E-state index contributed by atoms with van der Waals surface area (Å²) in [4.78, 5) is 0.0244. The molecule has 0 radical (unpaired) electrons. The molecular weight excluding hydrogens is 238 g/mol. The van der Waals surface area contributed by atoms with Gasteiger partial charge in [-0.3, -0.25) is 0 Å². The smallest absolute Gasteiger partial charge is 0.238 e. The van der Waals surface area contributed by atoms with Crippen LogP contribution in [0.1, 0.15) is 20.8 Å². The van der Waals surface area contributed by atoms with E-state index in [4.69, 9.17) is 10.9 Å². The summed E-state index contributed by atoms with van der Waals surface area (Å²) in [6, 6.07) is 4.43. The molecule has 1 rings (SSSR count). The zero-order valence-electron chi connectivity index (χ0n) is 10.3. The van der Waals surface area contributed by atoms with Gasteiger partial charge in [-0.2, -0.15) is 0 Å². The maximum Gasteiger partial charge on any atom is 0.238 e. The molecule has 0 heterocycles. The van der Waals surface area contributed by atoms with Gasteiger partial charge in [-0.15, -0.1) is 0 Å². The first-order valence-corrected chi connectivity index (χ1v) is 6.80. The Morgan fingerprint density at radius 1 is 1.29 bits per heavy atom. The van der Waals surface area contributed by atoms with Gasteiger partial charge in [0.15, 0.2) is 0 Å². The van der Waals surface area contributed by atoms with Gasteiger partial charge in [0.2, 0.25) is 10.0 Å². The van der Waals surface area contributed by atoms with Crippen LogP contribution < -0.4 is 16.2 Å². The van der Waals surface area contributed by atoms with Crippen molar-refractivity contribution in [2.24, 2.45) is 10.6 Å². The van der Waals surface area contributed by atoms with Crippen LogP contribution in [0.3, 0.4) is 0 Å². The molecule has 0 atom stereocenters. The molecule has 0 saturated heterocycles. The van der Waals surface area contributed by atoms with Gasteiger partial charge in [0.25, 0.3) is 0 Å². The van der Waals surface area contributed by atoms with Gasteiger partial charge < -0.3 is 11.1 Å². The molecule has 5 N–H and O–H groups in total. The summed E-state index contributed by atoms with van der Waals surface area (Å²) in [5.74, 6) is 0. The highest BCUT2D eigenvalue weighted by Crippen LogP contribution is 2.23. The predicted octanol–water partition coefficient (Wildman–Crippen LogP) is 1.37. The standard InChI is InChI=1S/C11H19N3O2S/c1-11(2,3)7-14-10-5-4-8(6-9(10)12)17(13,15)16/h4-6,14H,7,12H2,1-3H3,(H2,13,15,16). The molecule has 0 saturated carbocycles. The lowest BCUT2D eigenvalue weighted by atomic mass is 9.97. The van der Waals surface area contributed by atoms with E-state index in [1.165, 1.54) is 12.1 Å². The number of sulfonamides is 1. The molecule has 0 spiro atoms. The van der Waals surface area contributed by atoms with E-state index in [-0.39, 0.29) is 10.3 Å². The molecule has 0 bridgehead atoms. The first-order chi connectivity index (χ1) is 7.59. The van der Waals surface area contributed by atoms with E-state index in [0.29, 0.717) is 11.4 Å². The van der Waals surface area contributed by atoms with Crippen molar-refractivity contribution in [2.75, 3.05) is 17.6 Å². The summed E-state index contributed by atoms with van der Waals surface area (Å²) in [7, 11) is -3.69. The van der Waals surface area contributed by atoms with Crippen molar-refractivity contribution in [3.63, 3.8) is 0 Å². The largest absolute Gasteiger partial charge is 0.397 e. The summed E-state index contributed by atoms with van der Waals surface area (Å²) >= 11 is 0. The number of hydrogen-bond donors (Lipinski definition) is 3. The average Bonchev–Trinajstić information content (AvgIpc) is 2.12. The molecule has 1 aromatic rings. The van der Waals surface area contributed by atoms with Gasteiger partial charge in [0, 0.05) is 6.54 Å². The minimum absolute atomic E-state index is 0.0244. The Hall–Kier alpha value is -1.27. The Morgan fingerprint density at radius 3 is 2.29 bits per heavy atom. The Kier molecular flexibility index (Phi) is 3.68. The molecule has 0 fully saturated rings. The molecule has 17 heavy (non-hydrogen) atoms. The summed E-state index contributed by atoms with van der Waals surface area (Å²) in [5, 5.41) is 8.19. The van der Waals surface area contributed by atoms with Gasteiger partial charge in [-0.05, 0) is 23.6 Å². The molecule has 0 unspecified atom stereocenters. The van der Waals surface area contributed by atoms with Gasteiger partial charge in [-0.25, -0.2) is 13.6 Å². The van der Waals surface area contributed by atoms with Crippen LogP contribution in [0, 0.1) is 5.41 Å². The highest BCUT2D eigenvalue weighted by molar-refractivity contribution is 7.89. The topological polar surface area (TPSA) is 98.2 Å². The minimum atomic E-state index is -3.69. The summed E-state index contributed by atoms with van der Waals surface area (Å²) < 4.78 is 22.2. The first-order valence-electron chi connectivity index (χ1n) is 5.26. The fourth-order valence-corrected chi connectivity index (χ4v) is 1.79. The van der Waals surface area contributed by atoms with Crippen LogP contribution in [-0.4, -0.2) is 15.0 Å². The molecule has 96 valence electrons. The lowest BCUT2D eigenvalue weighted by Crippen LogP contribution is -2.20. The second-order valence-corrected chi connectivity index (χ2v) is 6.77. The third-order valence-corrected chi connectivity index (χ3v) is 3.07. The van der Waals surface area contributed by atoms with Gasteiger partial charge in [0.05, 0.1) is 16.3 Å². The Balaban J connectivity index is 2.92. The van der Waals surface area contributed by atoms with Crippen LogP contribution in [0.15, 0.2) is 23.1 Å².